The lowest BCUT2D eigenvalue weighted by Crippen LogP contribution is -2.05. The number of nitrogens with zero attached hydrogens (tertiary/aromatic N) is 1. The molecule has 1 aromatic rings. The van der Waals surface area contributed by atoms with Gasteiger partial charge in [-0.15, -0.1) is 0 Å². The summed E-state index contributed by atoms with van der Waals surface area (Å²) in [6.45, 7) is 0.256. The van der Waals surface area contributed by atoms with Gasteiger partial charge in [-0.1, -0.05) is 0 Å². The molecule has 0 aliphatic rings. The molecule has 0 saturated heterocycles. The van der Waals surface area contributed by atoms with Crippen molar-refractivity contribution in [2.45, 2.75) is 6.42 Å². The Bertz CT molecular complexity index is 248. The Kier molecular flexibility index (Phi) is 3.07. The van der Waals surface area contributed by atoms with Crippen LogP contribution < -0.4 is 5.73 Å². The quantitative estimate of drug-likeness (QED) is 0.672. The maximum Gasteiger partial charge on any atom is 0.426 e. The number of hydrogen-bond donors (Lipinski definition) is 0. The van der Waals surface area contributed by atoms with Crippen molar-refractivity contribution in [1.82, 2.24) is 10.7 Å². The number of carbonyl (C=O) groups is 1. The van der Waals surface area contributed by atoms with Crippen LogP contribution in [0.3, 0.4) is 0 Å². The molecule has 1 radical (unpaired) electrons. The first-order chi connectivity index (χ1) is 5.79. The minimum atomic E-state index is -0.982. The molecule has 0 unspecified atom stereocenters. The van der Waals surface area contributed by atoms with Crippen LogP contribution in [-0.2, 0) is 11.2 Å². The second-order valence-electron chi connectivity index (χ2n) is 2.24. The van der Waals surface area contributed by atoms with Crippen molar-refractivity contribution >= 4 is 6.09 Å². The number of ether oxygens (including phenoxy) is 1. The van der Waals surface area contributed by atoms with E-state index in [0.717, 1.165) is 5.56 Å². The third-order valence-corrected chi connectivity index (χ3v) is 1.37. The fraction of sp³-hybridized carbons (Fsp3) is 0.250. The average molecular weight is 165 g/mol. The van der Waals surface area contributed by atoms with Crippen LogP contribution in [0.4, 0.5) is 4.79 Å². The normalized spacial score (nSPS) is 9.33. The highest BCUT2D eigenvalue weighted by molar-refractivity contribution is 5.63. The molecule has 0 fully saturated rings. The van der Waals surface area contributed by atoms with Crippen molar-refractivity contribution in [3.05, 3.63) is 30.1 Å². The number of nitrogens with one attached hydrogen (secondary N) is 1. The molecule has 0 aliphatic heterocycles. The number of carbonyl (C=O) groups excluding carboxylic acids is 1. The second kappa shape index (κ2) is 4.33. The van der Waals surface area contributed by atoms with Crippen molar-refractivity contribution < 1.29 is 9.53 Å². The maximum absolute atomic E-state index is 10.1. The van der Waals surface area contributed by atoms with Gasteiger partial charge in [-0.25, -0.2) is 10.5 Å². The van der Waals surface area contributed by atoms with Gasteiger partial charge in [0.2, 0.25) is 0 Å². The molecule has 4 heteroatoms. The van der Waals surface area contributed by atoms with Crippen LogP contribution >= 0.6 is 0 Å². The van der Waals surface area contributed by atoms with Gasteiger partial charge in [-0.3, -0.25) is 4.98 Å². The number of pyridine rings is 1. The zero-order valence-corrected chi connectivity index (χ0v) is 6.49. The number of rotatable bonds is 3. The summed E-state index contributed by atoms with van der Waals surface area (Å²) in [4.78, 5) is 13.9. The largest absolute Gasteiger partial charge is 0.448 e. The first-order valence-corrected chi connectivity index (χ1v) is 3.56. The van der Waals surface area contributed by atoms with Gasteiger partial charge in [0, 0.05) is 18.8 Å². The smallest absolute Gasteiger partial charge is 0.426 e. The molecule has 0 spiro atoms. The molecular formula is C8H9N2O2. The van der Waals surface area contributed by atoms with E-state index >= 15 is 0 Å². The van der Waals surface area contributed by atoms with Crippen LogP contribution in [0.5, 0.6) is 0 Å². The van der Waals surface area contributed by atoms with E-state index in [1.807, 2.05) is 12.1 Å². The van der Waals surface area contributed by atoms with Crippen LogP contribution in [0.2, 0.25) is 0 Å². The molecule has 1 N–H and O–H groups in total. The van der Waals surface area contributed by atoms with Gasteiger partial charge >= 0.3 is 6.09 Å². The Balaban J connectivity index is 2.29. The molecule has 1 rings (SSSR count). The predicted molar refractivity (Wildman–Crippen MR) is 42.4 cm³/mol. The van der Waals surface area contributed by atoms with Gasteiger partial charge in [0.15, 0.2) is 0 Å². The highest BCUT2D eigenvalue weighted by Gasteiger charge is 1.95. The molecule has 0 saturated carbocycles. The third kappa shape index (κ3) is 3.01. The predicted octanol–water partition coefficient (Wildman–Crippen LogP) is 1.04. The molecule has 12 heavy (non-hydrogen) atoms. The topological polar surface area (TPSA) is 63.0 Å². The third-order valence-electron chi connectivity index (χ3n) is 1.37. The SMILES string of the molecule is [NH]C(=O)OCCc1ccncc1. The molecule has 4 nitrogen and oxygen atoms in total. The molecule has 1 aromatic heterocycles. The van der Waals surface area contributed by atoms with Crippen molar-refractivity contribution in [2.75, 3.05) is 6.61 Å². The van der Waals surface area contributed by atoms with E-state index in [1.54, 1.807) is 12.4 Å². The van der Waals surface area contributed by atoms with E-state index in [2.05, 4.69) is 9.72 Å². The summed E-state index contributed by atoms with van der Waals surface area (Å²) >= 11 is 0. The van der Waals surface area contributed by atoms with Gasteiger partial charge in [-0.05, 0) is 17.7 Å². The molecule has 0 aromatic carbocycles. The average Bonchev–Trinajstić information content (AvgIpc) is 2.05. The molecule has 1 amide bonds. The summed E-state index contributed by atoms with van der Waals surface area (Å²) in [7, 11) is 0. The van der Waals surface area contributed by atoms with Crippen molar-refractivity contribution in [3.63, 3.8) is 0 Å². The standard InChI is InChI=1S/C8H9N2O2/c9-8(11)12-6-3-7-1-4-10-5-2-7/h1-2,4-5,9H,3,6H2. The van der Waals surface area contributed by atoms with Gasteiger partial charge in [0.05, 0.1) is 6.61 Å². The van der Waals surface area contributed by atoms with Crippen LogP contribution in [0.25, 0.3) is 0 Å². The van der Waals surface area contributed by atoms with E-state index in [0.29, 0.717) is 6.42 Å². The van der Waals surface area contributed by atoms with Crippen LogP contribution in [0.1, 0.15) is 5.56 Å². The molecule has 63 valence electrons. The number of amides is 1. The van der Waals surface area contributed by atoms with Crippen molar-refractivity contribution in [1.29, 1.82) is 0 Å². The Morgan fingerprint density at radius 1 is 1.50 bits per heavy atom. The Morgan fingerprint density at radius 2 is 2.17 bits per heavy atom. The summed E-state index contributed by atoms with van der Waals surface area (Å²) in [5, 5.41) is 0. The van der Waals surface area contributed by atoms with Gasteiger partial charge < -0.3 is 4.74 Å². The molecule has 0 atom stereocenters. The van der Waals surface area contributed by atoms with Crippen LogP contribution in [0, 0.1) is 0 Å². The summed E-state index contributed by atoms with van der Waals surface area (Å²) < 4.78 is 4.45. The lowest BCUT2D eigenvalue weighted by Gasteiger charge is -1.99. The summed E-state index contributed by atoms with van der Waals surface area (Å²) in [6, 6.07) is 3.69. The van der Waals surface area contributed by atoms with Gasteiger partial charge in [0.1, 0.15) is 0 Å². The van der Waals surface area contributed by atoms with E-state index in [9.17, 15) is 4.79 Å². The van der Waals surface area contributed by atoms with Gasteiger partial charge in [0.25, 0.3) is 0 Å². The Labute approximate surface area is 70.4 Å². The Morgan fingerprint density at radius 3 is 2.75 bits per heavy atom. The first kappa shape index (κ1) is 8.52. The van der Waals surface area contributed by atoms with Crippen molar-refractivity contribution in [3.8, 4) is 0 Å². The van der Waals surface area contributed by atoms with E-state index in [-0.39, 0.29) is 6.61 Å². The lowest BCUT2D eigenvalue weighted by molar-refractivity contribution is 0.156. The highest BCUT2D eigenvalue weighted by atomic mass is 16.5. The first-order valence-electron chi connectivity index (χ1n) is 3.56. The second-order valence-corrected chi connectivity index (χ2v) is 2.24. The highest BCUT2D eigenvalue weighted by Crippen LogP contribution is 1.97. The number of aromatic nitrogens is 1. The van der Waals surface area contributed by atoms with Crippen molar-refractivity contribution in [2.24, 2.45) is 0 Å². The zero-order valence-electron chi connectivity index (χ0n) is 6.49. The fourth-order valence-corrected chi connectivity index (χ4v) is 0.811. The van der Waals surface area contributed by atoms with Crippen LogP contribution in [0.15, 0.2) is 24.5 Å². The minimum Gasteiger partial charge on any atom is -0.448 e. The number of hydrogen-bond acceptors (Lipinski definition) is 3. The zero-order chi connectivity index (χ0) is 8.81. The molecule has 0 aliphatic carbocycles. The Hall–Kier alpha value is -1.58. The lowest BCUT2D eigenvalue weighted by atomic mass is 10.2. The summed E-state index contributed by atoms with van der Waals surface area (Å²) in [5.74, 6) is 0. The van der Waals surface area contributed by atoms with Gasteiger partial charge in [-0.2, -0.15) is 0 Å². The summed E-state index contributed by atoms with van der Waals surface area (Å²) in [6.07, 6.45) is 3.01. The van der Waals surface area contributed by atoms with E-state index in [1.165, 1.54) is 0 Å². The molecular weight excluding hydrogens is 156 g/mol. The molecule has 0 bridgehead atoms. The maximum atomic E-state index is 10.1. The van der Waals surface area contributed by atoms with E-state index in [4.69, 9.17) is 5.73 Å². The van der Waals surface area contributed by atoms with E-state index < -0.39 is 6.09 Å². The monoisotopic (exact) mass is 165 g/mol. The van der Waals surface area contributed by atoms with Crippen LogP contribution in [-0.4, -0.2) is 17.7 Å². The fourth-order valence-electron chi connectivity index (χ4n) is 0.811. The molecule has 1 heterocycles. The minimum absolute atomic E-state index is 0.256. The summed E-state index contributed by atoms with van der Waals surface area (Å²) in [5.41, 5.74) is 7.52.